The Labute approximate surface area is 237 Å². The van der Waals surface area contributed by atoms with Crippen molar-refractivity contribution in [2.24, 2.45) is 0 Å². The molecule has 4 aromatic rings. The van der Waals surface area contributed by atoms with E-state index < -0.39 is 10.0 Å². The Bertz CT molecular complexity index is 1450. The van der Waals surface area contributed by atoms with E-state index in [0.717, 1.165) is 11.1 Å². The van der Waals surface area contributed by atoms with Crippen molar-refractivity contribution in [2.45, 2.75) is 24.4 Å². The first-order chi connectivity index (χ1) is 19.4. The van der Waals surface area contributed by atoms with Gasteiger partial charge in [0, 0.05) is 32.7 Å². The molecule has 4 aromatic carbocycles. The van der Waals surface area contributed by atoms with E-state index in [-0.39, 0.29) is 29.9 Å². The van der Waals surface area contributed by atoms with E-state index in [4.69, 9.17) is 0 Å². The number of hydrogen-bond donors (Lipinski definition) is 0. The van der Waals surface area contributed by atoms with E-state index in [1.54, 1.807) is 35.2 Å². The lowest BCUT2D eigenvalue weighted by molar-refractivity contribution is -0.133. The lowest BCUT2D eigenvalue weighted by Gasteiger charge is -2.40. The Balaban J connectivity index is 1.31. The van der Waals surface area contributed by atoms with Crippen LogP contribution in [0.15, 0.2) is 120 Å². The lowest BCUT2D eigenvalue weighted by atomic mass is 9.96. The minimum Gasteiger partial charge on any atom is -0.339 e. The summed E-state index contributed by atoms with van der Waals surface area (Å²) in [5.74, 6) is -0.178. The zero-order chi connectivity index (χ0) is 28.0. The predicted octanol–water partition coefficient (Wildman–Crippen LogP) is 5.12. The summed E-state index contributed by atoms with van der Waals surface area (Å²) < 4.78 is 28.6. The summed E-state index contributed by atoms with van der Waals surface area (Å²) in [6, 6.07) is 37.0. The van der Waals surface area contributed by atoms with Crippen molar-refractivity contribution in [3.05, 3.63) is 138 Å². The number of amides is 1. The van der Waals surface area contributed by atoms with Gasteiger partial charge in [-0.1, -0.05) is 109 Å². The van der Waals surface area contributed by atoms with Gasteiger partial charge in [-0.3, -0.25) is 9.69 Å². The molecular formula is C33H35N3O3S. The van der Waals surface area contributed by atoms with Crippen LogP contribution in [0.1, 0.15) is 28.3 Å². The molecule has 0 atom stereocenters. The first-order valence-electron chi connectivity index (χ1n) is 13.6. The molecule has 0 aromatic heterocycles. The highest BCUT2D eigenvalue weighted by Gasteiger charge is 2.32. The number of hydrogen-bond acceptors (Lipinski definition) is 4. The maximum atomic E-state index is 13.6. The van der Waals surface area contributed by atoms with Gasteiger partial charge in [-0.15, -0.1) is 0 Å². The predicted molar refractivity (Wildman–Crippen MR) is 158 cm³/mol. The van der Waals surface area contributed by atoms with Gasteiger partial charge in [-0.2, -0.15) is 4.31 Å². The van der Waals surface area contributed by atoms with E-state index in [1.807, 2.05) is 43.3 Å². The van der Waals surface area contributed by atoms with Crippen LogP contribution in [0.2, 0.25) is 0 Å². The van der Waals surface area contributed by atoms with Crippen LogP contribution in [0, 0.1) is 6.92 Å². The van der Waals surface area contributed by atoms with Crippen molar-refractivity contribution in [1.82, 2.24) is 14.1 Å². The molecule has 1 heterocycles. The topological polar surface area (TPSA) is 60.9 Å². The maximum absolute atomic E-state index is 13.6. The monoisotopic (exact) mass is 553 g/mol. The fraction of sp³-hybridized carbons (Fsp3) is 0.242. The number of piperazine rings is 1. The van der Waals surface area contributed by atoms with Gasteiger partial charge < -0.3 is 4.90 Å². The highest BCUT2D eigenvalue weighted by atomic mass is 32.2. The van der Waals surface area contributed by atoms with Crippen LogP contribution in [-0.4, -0.2) is 61.2 Å². The summed E-state index contributed by atoms with van der Waals surface area (Å²) in [5.41, 5.74) is 4.37. The SMILES string of the molecule is Cc1ccc(CN(CC(=O)N2CCN(C(c3ccccc3)c3ccccc3)CC2)S(=O)(=O)c2ccccc2)cc1. The Morgan fingerprint density at radius 1 is 0.725 bits per heavy atom. The van der Waals surface area contributed by atoms with Crippen LogP contribution in [-0.2, 0) is 21.4 Å². The van der Waals surface area contributed by atoms with E-state index in [0.29, 0.717) is 26.2 Å². The van der Waals surface area contributed by atoms with Crippen molar-refractivity contribution in [3.63, 3.8) is 0 Å². The smallest absolute Gasteiger partial charge is 0.243 e. The molecule has 0 N–H and O–H groups in total. The molecule has 1 amide bonds. The summed E-state index contributed by atoms with van der Waals surface area (Å²) in [7, 11) is -3.86. The van der Waals surface area contributed by atoms with Crippen molar-refractivity contribution < 1.29 is 13.2 Å². The van der Waals surface area contributed by atoms with Crippen LogP contribution < -0.4 is 0 Å². The minimum atomic E-state index is -3.86. The first-order valence-corrected chi connectivity index (χ1v) is 15.1. The van der Waals surface area contributed by atoms with Crippen LogP contribution in [0.3, 0.4) is 0 Å². The van der Waals surface area contributed by atoms with Gasteiger partial charge in [-0.25, -0.2) is 8.42 Å². The molecule has 1 aliphatic rings. The number of benzene rings is 4. The second kappa shape index (κ2) is 12.6. The zero-order valence-electron chi connectivity index (χ0n) is 22.8. The van der Waals surface area contributed by atoms with Crippen molar-refractivity contribution in [3.8, 4) is 0 Å². The van der Waals surface area contributed by atoms with E-state index in [1.165, 1.54) is 15.4 Å². The third-order valence-electron chi connectivity index (χ3n) is 7.43. The summed E-state index contributed by atoms with van der Waals surface area (Å²) >= 11 is 0. The number of carbonyl (C=O) groups excluding carboxylic acids is 1. The standard InChI is InChI=1S/C33H35N3O3S/c1-27-17-19-28(20-18-27)25-36(40(38,39)31-15-9-4-10-16-31)26-32(37)34-21-23-35(24-22-34)33(29-11-5-2-6-12-29)30-13-7-3-8-14-30/h2-20,33H,21-26H2,1H3. The third-order valence-corrected chi connectivity index (χ3v) is 9.24. The Hall–Kier alpha value is -3.78. The van der Waals surface area contributed by atoms with Gasteiger partial charge in [0.1, 0.15) is 0 Å². The Morgan fingerprint density at radius 3 is 1.75 bits per heavy atom. The molecule has 1 fully saturated rings. The first kappa shape index (κ1) is 27.8. The fourth-order valence-electron chi connectivity index (χ4n) is 5.23. The van der Waals surface area contributed by atoms with Crippen molar-refractivity contribution >= 4 is 15.9 Å². The molecule has 5 rings (SSSR count). The Kier molecular flexibility index (Phi) is 8.75. The third kappa shape index (κ3) is 6.50. The zero-order valence-corrected chi connectivity index (χ0v) is 23.6. The van der Waals surface area contributed by atoms with Gasteiger partial charge in [0.25, 0.3) is 0 Å². The molecular weight excluding hydrogens is 518 g/mol. The molecule has 0 saturated carbocycles. The van der Waals surface area contributed by atoms with Gasteiger partial charge in [0.15, 0.2) is 0 Å². The number of nitrogens with zero attached hydrogens (tertiary/aromatic N) is 3. The molecule has 1 saturated heterocycles. The normalized spacial score (nSPS) is 14.5. The quantitative estimate of drug-likeness (QED) is 0.289. The molecule has 40 heavy (non-hydrogen) atoms. The summed E-state index contributed by atoms with van der Waals surface area (Å²) in [5, 5.41) is 0. The highest BCUT2D eigenvalue weighted by molar-refractivity contribution is 7.89. The lowest BCUT2D eigenvalue weighted by Crippen LogP contribution is -2.52. The van der Waals surface area contributed by atoms with Crippen molar-refractivity contribution in [1.29, 1.82) is 0 Å². The van der Waals surface area contributed by atoms with Crippen LogP contribution in [0.4, 0.5) is 0 Å². The van der Waals surface area contributed by atoms with Crippen LogP contribution >= 0.6 is 0 Å². The van der Waals surface area contributed by atoms with E-state index in [2.05, 4.69) is 53.4 Å². The molecule has 6 nitrogen and oxygen atoms in total. The second-order valence-electron chi connectivity index (χ2n) is 10.2. The number of rotatable bonds is 9. The second-order valence-corrected chi connectivity index (χ2v) is 12.2. The minimum absolute atomic E-state index is 0.0937. The largest absolute Gasteiger partial charge is 0.339 e. The molecule has 0 aliphatic carbocycles. The average molecular weight is 554 g/mol. The summed E-state index contributed by atoms with van der Waals surface area (Å²) in [6.07, 6.45) is 0. The van der Waals surface area contributed by atoms with Gasteiger partial charge in [-0.05, 0) is 35.7 Å². The Morgan fingerprint density at radius 2 is 1.23 bits per heavy atom. The van der Waals surface area contributed by atoms with E-state index >= 15 is 0 Å². The van der Waals surface area contributed by atoms with Crippen molar-refractivity contribution in [2.75, 3.05) is 32.7 Å². The molecule has 1 aliphatic heterocycles. The summed E-state index contributed by atoms with van der Waals surface area (Å²) in [4.78, 5) is 17.9. The highest BCUT2D eigenvalue weighted by Crippen LogP contribution is 2.29. The molecule has 0 spiro atoms. The molecule has 206 valence electrons. The van der Waals surface area contributed by atoms with Gasteiger partial charge >= 0.3 is 0 Å². The van der Waals surface area contributed by atoms with Gasteiger partial charge in [0.05, 0.1) is 17.5 Å². The van der Waals surface area contributed by atoms with E-state index in [9.17, 15) is 13.2 Å². The van der Waals surface area contributed by atoms with Crippen LogP contribution in [0.25, 0.3) is 0 Å². The molecule has 0 bridgehead atoms. The number of aryl methyl sites for hydroxylation is 1. The molecule has 0 radical (unpaired) electrons. The van der Waals surface area contributed by atoms with Gasteiger partial charge in [0.2, 0.25) is 15.9 Å². The maximum Gasteiger partial charge on any atom is 0.243 e. The van der Waals surface area contributed by atoms with Crippen LogP contribution in [0.5, 0.6) is 0 Å². The summed E-state index contributed by atoms with van der Waals surface area (Å²) in [6.45, 7) is 4.40. The molecule has 0 unspecified atom stereocenters. The molecule has 7 heteroatoms. The average Bonchev–Trinajstić information content (AvgIpc) is 3.00. The number of sulfonamides is 1. The fourth-order valence-corrected chi connectivity index (χ4v) is 6.63. The number of carbonyl (C=O) groups is 1.